The molecule has 0 aliphatic rings. The Morgan fingerprint density at radius 1 is 1.23 bits per heavy atom. The number of aromatic nitrogens is 3. The normalized spacial score (nSPS) is 11.1. The number of nitrogens with one attached hydrogen (secondary N) is 1. The molecule has 0 spiro atoms. The van der Waals surface area contributed by atoms with Gasteiger partial charge in [0.15, 0.2) is 0 Å². The molecular formula is C9H7N3O. The second-order valence-electron chi connectivity index (χ2n) is 2.57. The standard InChI is InChI=1S/C9H7N3O/c13-5-1-2-7-3-4-8-9(6-7)11-12-10-8/h1-6H,(H,10,11,12). The van der Waals surface area contributed by atoms with E-state index in [0.29, 0.717) is 0 Å². The highest BCUT2D eigenvalue weighted by molar-refractivity contribution is 5.79. The lowest BCUT2D eigenvalue weighted by Crippen LogP contribution is -1.73. The molecule has 1 aromatic carbocycles. The zero-order valence-corrected chi connectivity index (χ0v) is 6.77. The van der Waals surface area contributed by atoms with Crippen molar-refractivity contribution in [2.45, 2.75) is 0 Å². The zero-order chi connectivity index (χ0) is 9.10. The average Bonchev–Trinajstić information content (AvgIpc) is 2.61. The van der Waals surface area contributed by atoms with Crippen LogP contribution in [0.15, 0.2) is 24.3 Å². The smallest absolute Gasteiger partial charge is 0.142 e. The summed E-state index contributed by atoms with van der Waals surface area (Å²) in [5, 5.41) is 10.4. The molecule has 0 bridgehead atoms. The molecule has 0 aliphatic heterocycles. The first-order valence-corrected chi connectivity index (χ1v) is 3.82. The van der Waals surface area contributed by atoms with Crippen LogP contribution in [-0.2, 0) is 4.79 Å². The number of hydrogen-bond donors (Lipinski definition) is 1. The van der Waals surface area contributed by atoms with Crippen LogP contribution in [0, 0.1) is 0 Å². The maximum atomic E-state index is 10.1. The van der Waals surface area contributed by atoms with Crippen molar-refractivity contribution in [2.75, 3.05) is 0 Å². The topological polar surface area (TPSA) is 58.6 Å². The van der Waals surface area contributed by atoms with Crippen molar-refractivity contribution in [1.82, 2.24) is 15.4 Å². The number of carbonyl (C=O) groups excluding carboxylic acids is 1. The molecule has 0 unspecified atom stereocenters. The van der Waals surface area contributed by atoms with Crippen molar-refractivity contribution < 1.29 is 4.79 Å². The van der Waals surface area contributed by atoms with Crippen LogP contribution in [0.1, 0.15) is 5.56 Å². The summed E-state index contributed by atoms with van der Waals surface area (Å²) < 4.78 is 0. The second-order valence-corrected chi connectivity index (χ2v) is 2.57. The summed E-state index contributed by atoms with van der Waals surface area (Å²) >= 11 is 0. The number of benzene rings is 1. The van der Waals surface area contributed by atoms with E-state index in [1.165, 1.54) is 6.08 Å². The highest BCUT2D eigenvalue weighted by Crippen LogP contribution is 2.11. The molecule has 13 heavy (non-hydrogen) atoms. The van der Waals surface area contributed by atoms with E-state index < -0.39 is 0 Å². The Balaban J connectivity index is 2.47. The first-order chi connectivity index (χ1) is 6.40. The fourth-order valence-corrected chi connectivity index (χ4v) is 1.11. The number of nitrogens with zero attached hydrogens (tertiary/aromatic N) is 2. The lowest BCUT2D eigenvalue weighted by Gasteiger charge is -1.89. The largest absolute Gasteiger partial charge is 0.299 e. The van der Waals surface area contributed by atoms with E-state index in [1.807, 2.05) is 18.2 Å². The Labute approximate surface area is 74.3 Å². The van der Waals surface area contributed by atoms with Crippen LogP contribution in [0.3, 0.4) is 0 Å². The van der Waals surface area contributed by atoms with E-state index >= 15 is 0 Å². The molecule has 0 aliphatic carbocycles. The van der Waals surface area contributed by atoms with Crippen LogP contribution in [0.4, 0.5) is 0 Å². The first-order valence-electron chi connectivity index (χ1n) is 3.82. The Bertz CT molecular complexity index is 459. The van der Waals surface area contributed by atoms with Gasteiger partial charge in [0.2, 0.25) is 0 Å². The molecule has 0 saturated heterocycles. The van der Waals surface area contributed by atoms with Crippen LogP contribution >= 0.6 is 0 Å². The molecular weight excluding hydrogens is 166 g/mol. The van der Waals surface area contributed by atoms with Crippen LogP contribution in [0.5, 0.6) is 0 Å². The highest BCUT2D eigenvalue weighted by Gasteiger charge is 1.96. The Kier molecular flexibility index (Phi) is 1.88. The number of allylic oxidation sites excluding steroid dienone is 1. The fourth-order valence-electron chi connectivity index (χ4n) is 1.11. The summed E-state index contributed by atoms with van der Waals surface area (Å²) in [6, 6.07) is 5.59. The maximum Gasteiger partial charge on any atom is 0.142 e. The van der Waals surface area contributed by atoms with Crippen molar-refractivity contribution in [1.29, 1.82) is 0 Å². The number of aromatic amines is 1. The number of aldehydes is 1. The Hall–Kier alpha value is -1.97. The van der Waals surface area contributed by atoms with Gasteiger partial charge in [0.1, 0.15) is 17.3 Å². The minimum absolute atomic E-state index is 0.743. The Morgan fingerprint density at radius 2 is 2.08 bits per heavy atom. The summed E-state index contributed by atoms with van der Waals surface area (Å²) in [5.74, 6) is 0. The van der Waals surface area contributed by atoms with Gasteiger partial charge in [-0.05, 0) is 23.8 Å². The van der Waals surface area contributed by atoms with Gasteiger partial charge in [-0.2, -0.15) is 15.4 Å². The van der Waals surface area contributed by atoms with Crippen molar-refractivity contribution >= 4 is 23.4 Å². The molecule has 0 fully saturated rings. The minimum atomic E-state index is 0.743. The highest BCUT2D eigenvalue weighted by atomic mass is 16.1. The van der Waals surface area contributed by atoms with E-state index in [-0.39, 0.29) is 0 Å². The molecule has 64 valence electrons. The molecule has 4 heteroatoms. The van der Waals surface area contributed by atoms with E-state index in [0.717, 1.165) is 22.9 Å². The van der Waals surface area contributed by atoms with Crippen LogP contribution in [-0.4, -0.2) is 21.7 Å². The van der Waals surface area contributed by atoms with Crippen molar-refractivity contribution in [3.8, 4) is 0 Å². The summed E-state index contributed by atoms with van der Waals surface area (Å²) in [4.78, 5) is 10.1. The summed E-state index contributed by atoms with van der Waals surface area (Å²) in [6.07, 6.45) is 3.91. The van der Waals surface area contributed by atoms with Crippen LogP contribution in [0.25, 0.3) is 17.1 Å². The molecule has 0 saturated carbocycles. The fraction of sp³-hybridized carbons (Fsp3) is 0. The SMILES string of the molecule is O=CC=Cc1ccc2n[nH]nc2c1. The van der Waals surface area contributed by atoms with Crippen LogP contribution in [0.2, 0.25) is 0 Å². The van der Waals surface area contributed by atoms with Gasteiger partial charge in [-0.3, -0.25) is 4.79 Å². The third-order valence-electron chi connectivity index (χ3n) is 1.71. The van der Waals surface area contributed by atoms with E-state index in [1.54, 1.807) is 6.08 Å². The molecule has 4 nitrogen and oxygen atoms in total. The molecule has 0 radical (unpaired) electrons. The second kappa shape index (κ2) is 3.18. The molecule has 0 amide bonds. The first kappa shape index (κ1) is 7.67. The summed E-state index contributed by atoms with van der Waals surface area (Å²) in [7, 11) is 0. The van der Waals surface area contributed by atoms with Crippen molar-refractivity contribution in [3.63, 3.8) is 0 Å². The van der Waals surface area contributed by atoms with Gasteiger partial charge in [-0.25, -0.2) is 0 Å². The third kappa shape index (κ3) is 1.46. The summed E-state index contributed by atoms with van der Waals surface area (Å²) in [5.41, 5.74) is 2.56. The molecule has 1 aromatic heterocycles. The predicted octanol–water partition coefficient (Wildman–Crippen LogP) is 1.17. The average molecular weight is 173 g/mol. The van der Waals surface area contributed by atoms with E-state index in [2.05, 4.69) is 15.4 Å². The number of carbonyl (C=O) groups is 1. The molecule has 2 rings (SSSR count). The summed E-state index contributed by atoms with van der Waals surface area (Å²) in [6.45, 7) is 0. The lowest BCUT2D eigenvalue weighted by atomic mass is 10.2. The predicted molar refractivity (Wildman–Crippen MR) is 49.0 cm³/mol. The Morgan fingerprint density at radius 3 is 2.92 bits per heavy atom. The van der Waals surface area contributed by atoms with Gasteiger partial charge in [-0.15, -0.1) is 0 Å². The minimum Gasteiger partial charge on any atom is -0.299 e. The van der Waals surface area contributed by atoms with Crippen molar-refractivity contribution in [3.05, 3.63) is 29.8 Å². The van der Waals surface area contributed by atoms with Gasteiger partial charge in [0, 0.05) is 0 Å². The van der Waals surface area contributed by atoms with Gasteiger partial charge < -0.3 is 0 Å². The number of hydrogen-bond acceptors (Lipinski definition) is 3. The van der Waals surface area contributed by atoms with Gasteiger partial charge in [0.05, 0.1) is 0 Å². The lowest BCUT2D eigenvalue weighted by molar-refractivity contribution is -0.104. The third-order valence-corrected chi connectivity index (χ3v) is 1.71. The molecule has 1 heterocycles. The van der Waals surface area contributed by atoms with Gasteiger partial charge >= 0.3 is 0 Å². The van der Waals surface area contributed by atoms with Gasteiger partial charge in [-0.1, -0.05) is 12.1 Å². The van der Waals surface area contributed by atoms with Crippen molar-refractivity contribution in [2.24, 2.45) is 0 Å². The van der Waals surface area contributed by atoms with E-state index in [4.69, 9.17) is 0 Å². The van der Waals surface area contributed by atoms with Gasteiger partial charge in [0.25, 0.3) is 0 Å². The number of H-pyrrole nitrogens is 1. The number of rotatable bonds is 2. The van der Waals surface area contributed by atoms with E-state index in [9.17, 15) is 4.79 Å². The molecule has 0 atom stereocenters. The maximum absolute atomic E-state index is 10.1. The van der Waals surface area contributed by atoms with Crippen LogP contribution < -0.4 is 0 Å². The monoisotopic (exact) mass is 173 g/mol. The molecule has 2 aromatic rings. The quantitative estimate of drug-likeness (QED) is 0.547. The molecule has 1 N–H and O–H groups in total. The zero-order valence-electron chi connectivity index (χ0n) is 6.77. The number of fused-ring (bicyclic) bond motifs is 1.